The van der Waals surface area contributed by atoms with Gasteiger partial charge in [-0.1, -0.05) is 42.5 Å². The predicted molar refractivity (Wildman–Crippen MR) is 80.2 cm³/mol. The zero-order valence-electron chi connectivity index (χ0n) is 11.3. The number of hydrazone groups is 1. The van der Waals surface area contributed by atoms with Crippen LogP contribution in [0.25, 0.3) is 11.1 Å². The molecular formula is C17H14N2O2. The zero-order chi connectivity index (χ0) is 14.6. The van der Waals surface area contributed by atoms with Crippen molar-refractivity contribution in [2.75, 3.05) is 0 Å². The number of benzene rings is 2. The molecule has 0 spiro atoms. The highest BCUT2D eigenvalue weighted by Crippen LogP contribution is 2.53. The van der Waals surface area contributed by atoms with Crippen molar-refractivity contribution >= 4 is 11.7 Å². The fraction of sp³-hybridized carbons (Fsp3) is 0.176. The quantitative estimate of drug-likeness (QED) is 0.621. The number of hydrogen-bond donors (Lipinski definition) is 2. The first-order valence-electron chi connectivity index (χ1n) is 6.94. The van der Waals surface area contributed by atoms with Gasteiger partial charge in [-0.15, -0.1) is 0 Å². The fourth-order valence-corrected chi connectivity index (χ4v) is 3.76. The molecule has 0 radical (unpaired) electrons. The Bertz CT molecular complexity index is 795. The summed E-state index contributed by atoms with van der Waals surface area (Å²) in [5, 5.41) is 13.5. The van der Waals surface area contributed by atoms with E-state index in [1.54, 1.807) is 0 Å². The maximum atomic E-state index is 11.7. The topological polar surface area (TPSA) is 75.7 Å². The number of carbonyl (C=O) groups is 1. The van der Waals surface area contributed by atoms with Crippen molar-refractivity contribution in [1.29, 1.82) is 0 Å². The van der Waals surface area contributed by atoms with E-state index in [4.69, 9.17) is 5.84 Å². The molecule has 104 valence electrons. The molecular weight excluding hydrogens is 264 g/mol. The van der Waals surface area contributed by atoms with Gasteiger partial charge in [0, 0.05) is 17.9 Å². The molecule has 4 nitrogen and oxygen atoms in total. The maximum Gasteiger partial charge on any atom is 0.307 e. The number of fused-ring (bicyclic) bond motifs is 3. The van der Waals surface area contributed by atoms with Gasteiger partial charge in [0.2, 0.25) is 0 Å². The lowest BCUT2D eigenvalue weighted by Gasteiger charge is -2.29. The molecule has 2 aromatic rings. The third-order valence-corrected chi connectivity index (χ3v) is 4.60. The van der Waals surface area contributed by atoms with E-state index in [0.717, 1.165) is 27.8 Å². The van der Waals surface area contributed by atoms with Gasteiger partial charge in [-0.3, -0.25) is 4.79 Å². The largest absolute Gasteiger partial charge is 0.481 e. The molecule has 2 atom stereocenters. The minimum Gasteiger partial charge on any atom is -0.481 e. The van der Waals surface area contributed by atoms with Crippen LogP contribution in [0.2, 0.25) is 0 Å². The van der Waals surface area contributed by atoms with Gasteiger partial charge in [0.05, 0.1) is 11.6 Å². The van der Waals surface area contributed by atoms with Crippen molar-refractivity contribution in [3.8, 4) is 11.1 Å². The van der Waals surface area contributed by atoms with Gasteiger partial charge in [-0.2, -0.15) is 5.10 Å². The minimum absolute atomic E-state index is 0.101. The molecule has 2 aliphatic rings. The van der Waals surface area contributed by atoms with Crippen LogP contribution in [0, 0.1) is 5.92 Å². The van der Waals surface area contributed by atoms with Crippen LogP contribution in [0.4, 0.5) is 0 Å². The summed E-state index contributed by atoms with van der Waals surface area (Å²) in [7, 11) is 0. The Kier molecular flexibility index (Phi) is 2.42. The van der Waals surface area contributed by atoms with Crippen molar-refractivity contribution < 1.29 is 9.90 Å². The van der Waals surface area contributed by atoms with Crippen molar-refractivity contribution in [3.63, 3.8) is 0 Å². The summed E-state index contributed by atoms with van der Waals surface area (Å²) in [4.78, 5) is 11.7. The summed E-state index contributed by atoms with van der Waals surface area (Å²) >= 11 is 0. The SMILES string of the molecule is N/N=C1\C[C@H](C(=O)O)[C@@H]2c3ccccc3-c3cccc1c32. The summed E-state index contributed by atoms with van der Waals surface area (Å²) in [6.07, 6.45) is 0.376. The number of nitrogens with zero attached hydrogens (tertiary/aromatic N) is 1. The molecule has 0 amide bonds. The van der Waals surface area contributed by atoms with Crippen LogP contribution in [0.3, 0.4) is 0 Å². The lowest BCUT2D eigenvalue weighted by molar-refractivity contribution is -0.142. The highest BCUT2D eigenvalue weighted by molar-refractivity contribution is 6.08. The van der Waals surface area contributed by atoms with Crippen LogP contribution in [0.5, 0.6) is 0 Å². The predicted octanol–water partition coefficient (Wildman–Crippen LogP) is 2.57. The van der Waals surface area contributed by atoms with Crippen molar-refractivity contribution in [2.45, 2.75) is 12.3 Å². The number of carboxylic acid groups (broad SMARTS) is 1. The first-order chi connectivity index (χ1) is 10.2. The Hall–Kier alpha value is -2.62. The van der Waals surface area contributed by atoms with Crippen molar-refractivity contribution in [2.24, 2.45) is 16.9 Å². The fourth-order valence-electron chi connectivity index (χ4n) is 3.76. The molecule has 3 N–H and O–H groups in total. The summed E-state index contributed by atoms with van der Waals surface area (Å²) in [5.74, 6) is 4.09. The normalized spacial score (nSPS) is 23.7. The van der Waals surface area contributed by atoms with Gasteiger partial charge >= 0.3 is 5.97 Å². The molecule has 0 aromatic heterocycles. The number of carboxylic acids is 1. The average Bonchev–Trinajstić information content (AvgIpc) is 2.85. The van der Waals surface area contributed by atoms with E-state index in [1.165, 1.54) is 0 Å². The highest BCUT2D eigenvalue weighted by atomic mass is 16.4. The molecule has 21 heavy (non-hydrogen) atoms. The number of aliphatic carboxylic acids is 1. The summed E-state index contributed by atoms with van der Waals surface area (Å²) in [5.41, 5.74) is 6.09. The van der Waals surface area contributed by atoms with Gasteiger partial charge in [0.25, 0.3) is 0 Å². The monoisotopic (exact) mass is 278 g/mol. The Morgan fingerprint density at radius 2 is 1.81 bits per heavy atom. The maximum absolute atomic E-state index is 11.7. The van der Waals surface area contributed by atoms with Crippen molar-refractivity contribution in [3.05, 3.63) is 59.2 Å². The second-order valence-corrected chi connectivity index (χ2v) is 5.56. The minimum atomic E-state index is -0.793. The lowest BCUT2D eigenvalue weighted by atomic mass is 9.73. The molecule has 0 saturated heterocycles. The van der Waals surface area contributed by atoms with Crippen LogP contribution >= 0.6 is 0 Å². The molecule has 4 rings (SSSR count). The second-order valence-electron chi connectivity index (χ2n) is 5.56. The van der Waals surface area contributed by atoms with E-state index in [0.29, 0.717) is 12.1 Å². The Labute approximate surface area is 121 Å². The van der Waals surface area contributed by atoms with E-state index >= 15 is 0 Å². The first-order valence-corrected chi connectivity index (χ1v) is 6.94. The number of hydrogen-bond acceptors (Lipinski definition) is 3. The lowest BCUT2D eigenvalue weighted by Crippen LogP contribution is -2.31. The smallest absolute Gasteiger partial charge is 0.307 e. The van der Waals surface area contributed by atoms with Gasteiger partial charge in [0.1, 0.15) is 0 Å². The first kappa shape index (κ1) is 12.1. The second kappa shape index (κ2) is 4.19. The van der Waals surface area contributed by atoms with E-state index in [1.807, 2.05) is 30.3 Å². The molecule has 0 fully saturated rings. The molecule has 0 aliphatic heterocycles. The van der Waals surface area contributed by atoms with Gasteiger partial charge in [-0.25, -0.2) is 0 Å². The summed E-state index contributed by atoms with van der Waals surface area (Å²) in [6.45, 7) is 0. The van der Waals surface area contributed by atoms with Crippen LogP contribution < -0.4 is 5.84 Å². The Morgan fingerprint density at radius 1 is 1.10 bits per heavy atom. The summed E-state index contributed by atoms with van der Waals surface area (Å²) in [6, 6.07) is 14.1. The van der Waals surface area contributed by atoms with E-state index in [9.17, 15) is 9.90 Å². The van der Waals surface area contributed by atoms with Gasteiger partial charge < -0.3 is 10.9 Å². The standard InChI is InChI=1S/C17H14N2O2/c18-19-14-8-13(17(20)21)16-10-5-2-1-4-9(10)11-6-3-7-12(14)15(11)16/h1-7,13,16H,8,18H2,(H,20,21)/b19-14+/t13-,16-/m0/s1. The number of rotatable bonds is 1. The average molecular weight is 278 g/mol. The van der Waals surface area contributed by atoms with Gasteiger partial charge in [0.15, 0.2) is 0 Å². The van der Waals surface area contributed by atoms with Crippen LogP contribution in [-0.4, -0.2) is 16.8 Å². The number of nitrogens with two attached hydrogens (primary N) is 1. The third-order valence-electron chi connectivity index (χ3n) is 4.60. The molecule has 2 aromatic carbocycles. The van der Waals surface area contributed by atoms with Crippen molar-refractivity contribution in [1.82, 2.24) is 0 Å². The molecule has 2 aliphatic carbocycles. The molecule has 0 saturated carbocycles. The highest BCUT2D eigenvalue weighted by Gasteiger charge is 2.43. The van der Waals surface area contributed by atoms with Crippen LogP contribution in [0.1, 0.15) is 29.0 Å². The molecule has 0 heterocycles. The Balaban J connectivity index is 2.07. The molecule has 4 heteroatoms. The van der Waals surface area contributed by atoms with E-state index in [-0.39, 0.29) is 5.92 Å². The molecule has 0 bridgehead atoms. The van der Waals surface area contributed by atoms with E-state index in [2.05, 4.69) is 17.2 Å². The van der Waals surface area contributed by atoms with E-state index < -0.39 is 11.9 Å². The van der Waals surface area contributed by atoms with Gasteiger partial charge in [-0.05, 0) is 22.3 Å². The zero-order valence-corrected chi connectivity index (χ0v) is 11.3. The Morgan fingerprint density at radius 3 is 2.57 bits per heavy atom. The third kappa shape index (κ3) is 1.50. The molecule has 0 unspecified atom stereocenters. The van der Waals surface area contributed by atoms with Crippen LogP contribution in [-0.2, 0) is 4.79 Å². The van der Waals surface area contributed by atoms with Crippen LogP contribution in [0.15, 0.2) is 47.6 Å². The summed E-state index contributed by atoms with van der Waals surface area (Å²) < 4.78 is 0.